The first-order valence-electron chi connectivity index (χ1n) is 2.93. The fraction of sp³-hybridized carbons (Fsp3) is 0.125. The number of nitriles is 1. The van der Waals surface area contributed by atoms with Crippen LogP contribution >= 0.6 is 23.2 Å². The Balaban J connectivity index is 0.000000292. The molecule has 0 heterocycles. The van der Waals surface area contributed by atoms with Crippen molar-refractivity contribution in [3.8, 4) is 6.07 Å². The second-order valence-electron chi connectivity index (χ2n) is 1.64. The summed E-state index contributed by atoms with van der Waals surface area (Å²) >= 11 is 11.2. The Hall–Kier alpha value is -0.710. The van der Waals surface area contributed by atoms with Crippen molar-refractivity contribution in [1.82, 2.24) is 0 Å². The molecule has 3 heteroatoms. The van der Waals surface area contributed by atoms with E-state index in [0.29, 0.717) is 10.0 Å². The van der Waals surface area contributed by atoms with Gasteiger partial charge >= 0.3 is 0 Å². The van der Waals surface area contributed by atoms with Crippen molar-refractivity contribution in [2.24, 2.45) is 0 Å². The van der Waals surface area contributed by atoms with E-state index >= 15 is 0 Å². The molecule has 1 rings (SSSR count). The van der Waals surface area contributed by atoms with Crippen LogP contribution in [0.4, 0.5) is 0 Å². The Labute approximate surface area is 76.2 Å². The molecule has 0 bridgehead atoms. The molecule has 0 aliphatic rings. The van der Waals surface area contributed by atoms with E-state index in [9.17, 15) is 0 Å². The van der Waals surface area contributed by atoms with E-state index in [1.165, 1.54) is 6.92 Å². The summed E-state index contributed by atoms with van der Waals surface area (Å²) in [7, 11) is 0. The first-order valence-corrected chi connectivity index (χ1v) is 3.68. The van der Waals surface area contributed by atoms with Crippen molar-refractivity contribution >= 4 is 23.2 Å². The van der Waals surface area contributed by atoms with Gasteiger partial charge in [0.25, 0.3) is 0 Å². The highest BCUT2D eigenvalue weighted by Gasteiger charge is 1.89. The normalized spacial score (nSPS) is 7.45. The lowest BCUT2D eigenvalue weighted by Crippen LogP contribution is -1.62. The molecule has 58 valence electrons. The molecule has 0 radical (unpaired) electrons. The number of hydrogen-bond donors (Lipinski definition) is 0. The summed E-state index contributed by atoms with van der Waals surface area (Å²) in [5.41, 5.74) is 0. The van der Waals surface area contributed by atoms with Gasteiger partial charge in [0.15, 0.2) is 0 Å². The zero-order valence-corrected chi connectivity index (χ0v) is 7.52. The molecule has 0 aromatic heterocycles. The summed E-state index contributed by atoms with van der Waals surface area (Å²) in [5.74, 6) is 0. The summed E-state index contributed by atoms with van der Waals surface area (Å²) in [6.07, 6.45) is 0. The first-order chi connectivity index (χ1) is 5.22. The molecule has 0 atom stereocenters. The summed E-state index contributed by atoms with van der Waals surface area (Å²) < 4.78 is 0. The van der Waals surface area contributed by atoms with Crippen LogP contribution in [0.3, 0.4) is 0 Å². The van der Waals surface area contributed by atoms with E-state index in [2.05, 4.69) is 0 Å². The summed E-state index contributed by atoms with van der Waals surface area (Å²) in [5, 5.41) is 8.53. The molecule has 0 spiro atoms. The minimum absolute atomic E-state index is 0.606. The van der Waals surface area contributed by atoms with Crippen molar-refractivity contribution in [1.29, 1.82) is 5.26 Å². The highest BCUT2D eigenvalue weighted by molar-refractivity contribution is 6.41. The van der Waals surface area contributed by atoms with E-state index < -0.39 is 0 Å². The first kappa shape index (κ1) is 10.3. The maximum absolute atomic E-state index is 7.32. The zero-order chi connectivity index (χ0) is 8.69. The maximum atomic E-state index is 7.32. The highest BCUT2D eigenvalue weighted by atomic mass is 35.5. The monoisotopic (exact) mass is 187 g/mol. The predicted molar refractivity (Wildman–Crippen MR) is 47.7 cm³/mol. The van der Waals surface area contributed by atoms with Gasteiger partial charge in [-0.05, 0) is 12.1 Å². The molecule has 0 aliphatic carbocycles. The van der Waals surface area contributed by atoms with Gasteiger partial charge in [-0.25, -0.2) is 0 Å². The Morgan fingerprint density at radius 3 is 1.64 bits per heavy atom. The molecule has 0 unspecified atom stereocenters. The molecular weight excluding hydrogens is 181 g/mol. The molecule has 11 heavy (non-hydrogen) atoms. The van der Waals surface area contributed by atoms with Crippen LogP contribution in [-0.2, 0) is 0 Å². The van der Waals surface area contributed by atoms with Crippen molar-refractivity contribution in [2.75, 3.05) is 0 Å². The summed E-state index contributed by atoms with van der Waals surface area (Å²) in [6.45, 7) is 1.43. The van der Waals surface area contributed by atoms with Gasteiger partial charge in [-0.1, -0.05) is 35.3 Å². The molecule has 1 aromatic rings. The van der Waals surface area contributed by atoms with Crippen LogP contribution < -0.4 is 0 Å². The van der Waals surface area contributed by atoms with Gasteiger partial charge < -0.3 is 0 Å². The van der Waals surface area contributed by atoms with E-state index in [1.54, 1.807) is 18.2 Å². The molecule has 0 saturated carbocycles. The standard InChI is InChI=1S/C6H4Cl2.C2H3N/c7-5-3-1-2-4-6(5)8;1-2-3/h1-4H;1H3. The third-order valence-electron chi connectivity index (χ3n) is 0.824. The fourth-order valence-corrected chi connectivity index (χ4v) is 0.711. The second-order valence-corrected chi connectivity index (χ2v) is 2.45. The molecule has 1 nitrogen and oxygen atoms in total. The van der Waals surface area contributed by atoms with Gasteiger partial charge in [0, 0.05) is 6.92 Å². The molecule has 0 N–H and O–H groups in total. The fourth-order valence-electron chi connectivity index (χ4n) is 0.439. The SMILES string of the molecule is CC#N.Clc1ccccc1Cl. The molecule has 0 aliphatic heterocycles. The highest BCUT2D eigenvalue weighted by Crippen LogP contribution is 2.19. The average molecular weight is 188 g/mol. The van der Waals surface area contributed by atoms with Gasteiger partial charge in [0.2, 0.25) is 0 Å². The minimum atomic E-state index is 0.606. The van der Waals surface area contributed by atoms with Crippen LogP contribution in [0.25, 0.3) is 0 Å². The van der Waals surface area contributed by atoms with Gasteiger partial charge in [-0.15, -0.1) is 0 Å². The van der Waals surface area contributed by atoms with Crippen LogP contribution in [0.2, 0.25) is 10.0 Å². The summed E-state index contributed by atoms with van der Waals surface area (Å²) in [6, 6.07) is 8.94. The predicted octanol–water partition coefficient (Wildman–Crippen LogP) is 3.52. The van der Waals surface area contributed by atoms with E-state index in [4.69, 9.17) is 28.5 Å². The smallest absolute Gasteiger partial charge is 0.0592 e. The topological polar surface area (TPSA) is 23.8 Å². The van der Waals surface area contributed by atoms with E-state index in [1.807, 2.05) is 12.1 Å². The lowest BCUT2D eigenvalue weighted by atomic mass is 10.4. The van der Waals surface area contributed by atoms with Crippen LogP contribution in [0.15, 0.2) is 24.3 Å². The van der Waals surface area contributed by atoms with E-state index in [-0.39, 0.29) is 0 Å². The summed E-state index contributed by atoms with van der Waals surface area (Å²) in [4.78, 5) is 0. The van der Waals surface area contributed by atoms with E-state index in [0.717, 1.165) is 0 Å². The van der Waals surface area contributed by atoms with Crippen molar-refractivity contribution in [3.63, 3.8) is 0 Å². The third kappa shape index (κ3) is 4.66. The number of nitrogens with zero attached hydrogens (tertiary/aromatic N) is 1. The van der Waals surface area contributed by atoms with Gasteiger partial charge in [-0.3, -0.25) is 0 Å². The lowest BCUT2D eigenvalue weighted by Gasteiger charge is -1.88. The molecule has 0 saturated heterocycles. The van der Waals surface area contributed by atoms with Crippen molar-refractivity contribution in [3.05, 3.63) is 34.3 Å². The third-order valence-corrected chi connectivity index (χ3v) is 1.58. The Morgan fingerprint density at radius 2 is 1.45 bits per heavy atom. The van der Waals surface area contributed by atoms with Crippen LogP contribution in [0.1, 0.15) is 6.92 Å². The molecule has 0 fully saturated rings. The number of halogens is 2. The minimum Gasteiger partial charge on any atom is -0.199 e. The van der Waals surface area contributed by atoms with Gasteiger partial charge in [0.1, 0.15) is 0 Å². The average Bonchev–Trinajstić information content (AvgIpc) is 1.97. The van der Waals surface area contributed by atoms with Crippen molar-refractivity contribution < 1.29 is 0 Å². The largest absolute Gasteiger partial charge is 0.199 e. The maximum Gasteiger partial charge on any atom is 0.0592 e. The second kappa shape index (κ2) is 6.03. The molecular formula is C8H7Cl2N. The van der Waals surface area contributed by atoms with Gasteiger partial charge in [0.05, 0.1) is 16.1 Å². The molecule has 1 aromatic carbocycles. The zero-order valence-electron chi connectivity index (χ0n) is 6.01. The Kier molecular flexibility index (Phi) is 5.64. The number of hydrogen-bond acceptors (Lipinski definition) is 1. The Morgan fingerprint density at radius 1 is 1.18 bits per heavy atom. The van der Waals surface area contributed by atoms with Crippen molar-refractivity contribution in [2.45, 2.75) is 6.92 Å². The van der Waals surface area contributed by atoms with Crippen LogP contribution in [-0.4, -0.2) is 0 Å². The number of rotatable bonds is 0. The quantitative estimate of drug-likeness (QED) is 0.610. The van der Waals surface area contributed by atoms with Crippen LogP contribution in [0.5, 0.6) is 0 Å². The number of benzene rings is 1. The lowest BCUT2D eigenvalue weighted by molar-refractivity contribution is 1.49. The van der Waals surface area contributed by atoms with Gasteiger partial charge in [-0.2, -0.15) is 5.26 Å². The molecule has 0 amide bonds. The van der Waals surface area contributed by atoms with Crippen LogP contribution in [0, 0.1) is 11.3 Å². The Bertz CT molecular complexity index is 232.